The fourth-order valence-electron chi connectivity index (χ4n) is 1.86. The first-order valence-electron chi connectivity index (χ1n) is 5.36. The van der Waals surface area contributed by atoms with Gasteiger partial charge in [0.05, 0.1) is 5.69 Å². The van der Waals surface area contributed by atoms with Gasteiger partial charge in [-0.3, -0.25) is 9.20 Å². The molecule has 0 saturated carbocycles. The highest BCUT2D eigenvalue weighted by atomic mass is 16.1. The van der Waals surface area contributed by atoms with Gasteiger partial charge in [0.1, 0.15) is 0 Å². The standard InChI is InChI=1S/C13H11N3O/c1-15-7-8-16-12(17)9-11(14-13(15)16)10-5-3-2-4-6-10/h2-9H,1H3. The maximum atomic E-state index is 11.9. The van der Waals surface area contributed by atoms with Gasteiger partial charge in [0.15, 0.2) is 0 Å². The Hall–Kier alpha value is -2.36. The predicted molar refractivity (Wildman–Crippen MR) is 65.9 cm³/mol. The van der Waals surface area contributed by atoms with Gasteiger partial charge in [-0.15, -0.1) is 0 Å². The van der Waals surface area contributed by atoms with Gasteiger partial charge in [-0.1, -0.05) is 30.3 Å². The Kier molecular flexibility index (Phi) is 2.08. The van der Waals surface area contributed by atoms with Gasteiger partial charge < -0.3 is 4.57 Å². The van der Waals surface area contributed by atoms with Crippen molar-refractivity contribution >= 4 is 5.78 Å². The average Bonchev–Trinajstić information content (AvgIpc) is 2.73. The zero-order valence-electron chi connectivity index (χ0n) is 9.37. The zero-order valence-corrected chi connectivity index (χ0v) is 9.37. The highest BCUT2D eigenvalue weighted by Crippen LogP contribution is 2.15. The molecule has 3 aromatic rings. The van der Waals surface area contributed by atoms with Crippen molar-refractivity contribution in [3.63, 3.8) is 0 Å². The molecule has 4 nitrogen and oxygen atoms in total. The van der Waals surface area contributed by atoms with E-state index < -0.39 is 0 Å². The lowest BCUT2D eigenvalue weighted by Crippen LogP contribution is -2.13. The van der Waals surface area contributed by atoms with Gasteiger partial charge >= 0.3 is 0 Å². The summed E-state index contributed by atoms with van der Waals surface area (Å²) in [5.41, 5.74) is 1.60. The minimum atomic E-state index is -0.0607. The van der Waals surface area contributed by atoms with Crippen molar-refractivity contribution in [1.29, 1.82) is 0 Å². The number of hydrogen-bond acceptors (Lipinski definition) is 2. The van der Waals surface area contributed by atoms with E-state index in [2.05, 4.69) is 4.98 Å². The van der Waals surface area contributed by atoms with Crippen LogP contribution >= 0.6 is 0 Å². The molecular weight excluding hydrogens is 214 g/mol. The third kappa shape index (κ3) is 1.54. The number of aromatic nitrogens is 3. The predicted octanol–water partition coefficient (Wildman–Crippen LogP) is 1.70. The van der Waals surface area contributed by atoms with Crippen molar-refractivity contribution in [3.8, 4) is 11.3 Å². The highest BCUT2D eigenvalue weighted by molar-refractivity contribution is 5.60. The van der Waals surface area contributed by atoms with Crippen LogP contribution in [0.3, 0.4) is 0 Å². The molecule has 2 aromatic heterocycles. The maximum Gasteiger partial charge on any atom is 0.259 e. The number of hydrogen-bond donors (Lipinski definition) is 0. The lowest BCUT2D eigenvalue weighted by molar-refractivity contribution is 0.915. The largest absolute Gasteiger partial charge is 0.320 e. The molecular formula is C13H11N3O. The Morgan fingerprint density at radius 1 is 1.12 bits per heavy atom. The van der Waals surface area contributed by atoms with E-state index in [1.807, 2.05) is 48.1 Å². The molecule has 17 heavy (non-hydrogen) atoms. The smallest absolute Gasteiger partial charge is 0.259 e. The molecule has 0 spiro atoms. The quantitative estimate of drug-likeness (QED) is 0.632. The normalized spacial score (nSPS) is 10.9. The van der Waals surface area contributed by atoms with Crippen LogP contribution in [-0.2, 0) is 7.05 Å². The van der Waals surface area contributed by atoms with Crippen LogP contribution in [0.25, 0.3) is 17.0 Å². The van der Waals surface area contributed by atoms with Gasteiger partial charge in [-0.25, -0.2) is 4.98 Å². The molecule has 2 heterocycles. The minimum absolute atomic E-state index is 0.0607. The molecule has 0 fully saturated rings. The Morgan fingerprint density at radius 3 is 2.65 bits per heavy atom. The summed E-state index contributed by atoms with van der Waals surface area (Å²) in [5, 5.41) is 0. The maximum absolute atomic E-state index is 11.9. The summed E-state index contributed by atoms with van der Waals surface area (Å²) in [6.07, 6.45) is 3.54. The van der Waals surface area contributed by atoms with E-state index in [0.717, 1.165) is 5.56 Å². The third-order valence-electron chi connectivity index (χ3n) is 2.76. The van der Waals surface area contributed by atoms with E-state index in [0.29, 0.717) is 11.5 Å². The number of benzene rings is 1. The van der Waals surface area contributed by atoms with Crippen LogP contribution in [0.5, 0.6) is 0 Å². The number of nitrogens with zero attached hydrogens (tertiary/aromatic N) is 3. The number of fused-ring (bicyclic) bond motifs is 1. The summed E-state index contributed by atoms with van der Waals surface area (Å²) in [6, 6.07) is 11.3. The van der Waals surface area contributed by atoms with Crippen molar-refractivity contribution in [1.82, 2.24) is 14.0 Å². The summed E-state index contributed by atoms with van der Waals surface area (Å²) in [6.45, 7) is 0. The van der Waals surface area contributed by atoms with Crippen LogP contribution in [0.15, 0.2) is 53.6 Å². The molecule has 0 atom stereocenters. The molecule has 4 heteroatoms. The molecule has 1 aromatic carbocycles. The summed E-state index contributed by atoms with van der Waals surface area (Å²) >= 11 is 0. The van der Waals surface area contributed by atoms with E-state index in [-0.39, 0.29) is 5.56 Å². The van der Waals surface area contributed by atoms with Gasteiger partial charge in [0, 0.05) is 31.1 Å². The van der Waals surface area contributed by atoms with Gasteiger partial charge in [-0.2, -0.15) is 0 Å². The molecule has 0 radical (unpaired) electrons. The molecule has 0 aliphatic rings. The van der Waals surface area contributed by atoms with Crippen LogP contribution in [0.4, 0.5) is 0 Å². The molecule has 0 unspecified atom stereocenters. The van der Waals surface area contributed by atoms with E-state index in [1.54, 1.807) is 12.3 Å². The Balaban J connectivity index is 2.32. The second-order valence-corrected chi connectivity index (χ2v) is 3.92. The number of aryl methyl sites for hydroxylation is 1. The van der Waals surface area contributed by atoms with E-state index in [4.69, 9.17) is 0 Å². The van der Waals surface area contributed by atoms with E-state index in [1.165, 1.54) is 4.40 Å². The first-order chi connectivity index (χ1) is 8.25. The lowest BCUT2D eigenvalue weighted by atomic mass is 10.1. The van der Waals surface area contributed by atoms with Gasteiger partial charge in [0.25, 0.3) is 5.56 Å². The summed E-state index contributed by atoms with van der Waals surface area (Å²) in [5.74, 6) is 0.649. The van der Waals surface area contributed by atoms with Crippen LogP contribution in [-0.4, -0.2) is 14.0 Å². The zero-order chi connectivity index (χ0) is 11.8. The molecule has 3 rings (SSSR count). The highest BCUT2D eigenvalue weighted by Gasteiger charge is 2.06. The SMILES string of the molecule is Cn1ccn2c(=O)cc(-c3ccccc3)nc12. The van der Waals surface area contributed by atoms with Gasteiger partial charge in [0.2, 0.25) is 5.78 Å². The van der Waals surface area contributed by atoms with Crippen LogP contribution in [0.1, 0.15) is 0 Å². The number of rotatable bonds is 1. The lowest BCUT2D eigenvalue weighted by Gasteiger charge is -2.02. The van der Waals surface area contributed by atoms with Crippen molar-refractivity contribution < 1.29 is 0 Å². The second kappa shape index (κ2) is 3.59. The summed E-state index contributed by atoms with van der Waals surface area (Å²) < 4.78 is 3.36. The molecule has 0 aliphatic heterocycles. The molecule has 0 saturated heterocycles. The summed E-state index contributed by atoms with van der Waals surface area (Å²) in [7, 11) is 1.87. The third-order valence-corrected chi connectivity index (χ3v) is 2.76. The summed E-state index contributed by atoms with van der Waals surface area (Å²) in [4.78, 5) is 16.4. The molecule has 0 amide bonds. The van der Waals surface area contributed by atoms with Crippen molar-refractivity contribution in [3.05, 3.63) is 59.1 Å². The molecule has 84 valence electrons. The molecule has 0 bridgehead atoms. The Bertz CT molecular complexity index is 725. The fraction of sp³-hybridized carbons (Fsp3) is 0.0769. The van der Waals surface area contributed by atoms with E-state index in [9.17, 15) is 4.79 Å². The Morgan fingerprint density at radius 2 is 1.88 bits per heavy atom. The minimum Gasteiger partial charge on any atom is -0.320 e. The van der Waals surface area contributed by atoms with Crippen LogP contribution in [0.2, 0.25) is 0 Å². The van der Waals surface area contributed by atoms with Crippen molar-refractivity contribution in [2.45, 2.75) is 0 Å². The van der Waals surface area contributed by atoms with E-state index >= 15 is 0 Å². The van der Waals surface area contributed by atoms with Crippen LogP contribution < -0.4 is 5.56 Å². The first-order valence-corrected chi connectivity index (χ1v) is 5.36. The number of imidazole rings is 1. The molecule has 0 aliphatic carbocycles. The Labute approximate surface area is 97.8 Å². The monoisotopic (exact) mass is 225 g/mol. The topological polar surface area (TPSA) is 39.3 Å². The van der Waals surface area contributed by atoms with Crippen LogP contribution in [0, 0.1) is 0 Å². The second-order valence-electron chi connectivity index (χ2n) is 3.92. The average molecular weight is 225 g/mol. The fourth-order valence-corrected chi connectivity index (χ4v) is 1.86. The van der Waals surface area contributed by atoms with Crippen molar-refractivity contribution in [2.24, 2.45) is 7.05 Å². The van der Waals surface area contributed by atoms with Gasteiger partial charge in [-0.05, 0) is 0 Å². The first kappa shape index (κ1) is 9.84. The van der Waals surface area contributed by atoms with Crippen molar-refractivity contribution in [2.75, 3.05) is 0 Å². The molecule has 0 N–H and O–H groups in total.